The second kappa shape index (κ2) is 7.92. The van der Waals surface area contributed by atoms with Gasteiger partial charge in [-0.1, -0.05) is 0 Å². The summed E-state index contributed by atoms with van der Waals surface area (Å²) in [7, 11) is 0. The summed E-state index contributed by atoms with van der Waals surface area (Å²) in [5.74, 6) is 1.43. The summed E-state index contributed by atoms with van der Waals surface area (Å²) in [6.45, 7) is 8.90. The highest BCUT2D eigenvalue weighted by atomic mass is 35.5. The molecule has 2 aliphatic heterocycles. The van der Waals surface area contributed by atoms with Crippen molar-refractivity contribution in [2.75, 3.05) is 48.4 Å². The number of amides is 2. The second-order valence-electron chi connectivity index (χ2n) is 8.06. The van der Waals surface area contributed by atoms with Crippen molar-refractivity contribution in [3.05, 3.63) is 18.3 Å². The van der Waals surface area contributed by atoms with Crippen molar-refractivity contribution < 1.29 is 14.3 Å². The Hall–Kier alpha value is -2.02. The largest absolute Gasteiger partial charge is 0.444 e. The van der Waals surface area contributed by atoms with E-state index in [1.165, 1.54) is 0 Å². The maximum absolute atomic E-state index is 12.2. The molecule has 0 bridgehead atoms. The fraction of sp³-hybridized carbons (Fsp3) is 0.632. The summed E-state index contributed by atoms with van der Waals surface area (Å²) in [6, 6.07) is 3.86. The lowest BCUT2D eigenvalue weighted by atomic mass is 10.1. The summed E-state index contributed by atoms with van der Waals surface area (Å²) < 4.78 is 5.43. The number of hydrogen-bond acceptors (Lipinski definition) is 5. The molecule has 0 N–H and O–H groups in total. The van der Waals surface area contributed by atoms with Crippen LogP contribution in [-0.2, 0) is 9.53 Å². The Labute approximate surface area is 165 Å². The first-order valence-corrected chi connectivity index (χ1v) is 9.85. The molecule has 1 aromatic rings. The first-order valence-electron chi connectivity index (χ1n) is 9.32. The van der Waals surface area contributed by atoms with E-state index < -0.39 is 5.60 Å². The minimum atomic E-state index is -0.483. The van der Waals surface area contributed by atoms with Gasteiger partial charge in [0.2, 0.25) is 5.91 Å². The van der Waals surface area contributed by atoms with Crippen LogP contribution in [0.25, 0.3) is 0 Å². The highest BCUT2D eigenvalue weighted by molar-refractivity contribution is 6.18. The number of rotatable bonds is 3. The van der Waals surface area contributed by atoms with Gasteiger partial charge in [0.15, 0.2) is 0 Å². The predicted molar refractivity (Wildman–Crippen MR) is 105 cm³/mol. The summed E-state index contributed by atoms with van der Waals surface area (Å²) >= 11 is 5.88. The van der Waals surface area contributed by atoms with E-state index in [0.717, 1.165) is 18.8 Å². The van der Waals surface area contributed by atoms with E-state index in [0.29, 0.717) is 37.8 Å². The van der Waals surface area contributed by atoms with E-state index in [1.807, 2.05) is 32.9 Å². The van der Waals surface area contributed by atoms with Crippen LogP contribution in [0.15, 0.2) is 18.3 Å². The van der Waals surface area contributed by atoms with Crippen molar-refractivity contribution in [1.29, 1.82) is 0 Å². The Balaban J connectivity index is 1.56. The number of pyridine rings is 1. The number of aromatic nitrogens is 1. The van der Waals surface area contributed by atoms with E-state index in [4.69, 9.17) is 16.3 Å². The number of carbonyl (C=O) groups excluding carboxylic acids is 2. The highest BCUT2D eigenvalue weighted by Crippen LogP contribution is 2.26. The third-order valence-corrected chi connectivity index (χ3v) is 5.17. The van der Waals surface area contributed by atoms with Crippen molar-refractivity contribution in [3.8, 4) is 0 Å². The van der Waals surface area contributed by atoms with Gasteiger partial charge in [0.05, 0.1) is 11.9 Å². The summed E-state index contributed by atoms with van der Waals surface area (Å²) in [5.41, 5.74) is 0.506. The van der Waals surface area contributed by atoms with Crippen LogP contribution in [0.2, 0.25) is 0 Å². The van der Waals surface area contributed by atoms with Crippen LogP contribution < -0.4 is 9.80 Å². The van der Waals surface area contributed by atoms with E-state index in [9.17, 15) is 9.59 Å². The predicted octanol–water partition coefficient (Wildman–Crippen LogP) is 2.73. The number of halogens is 1. The van der Waals surface area contributed by atoms with Crippen LogP contribution in [0.4, 0.5) is 16.3 Å². The van der Waals surface area contributed by atoms with Gasteiger partial charge in [-0.2, -0.15) is 0 Å². The molecule has 27 heavy (non-hydrogen) atoms. The molecule has 0 aromatic carbocycles. The molecular formula is C19H27ClN4O3. The lowest BCUT2D eigenvalue weighted by Gasteiger charge is -2.36. The van der Waals surface area contributed by atoms with Crippen LogP contribution in [0, 0.1) is 5.92 Å². The Morgan fingerprint density at radius 2 is 1.96 bits per heavy atom. The second-order valence-corrected chi connectivity index (χ2v) is 8.37. The molecule has 2 amide bonds. The molecule has 8 heteroatoms. The zero-order valence-electron chi connectivity index (χ0n) is 16.2. The van der Waals surface area contributed by atoms with Crippen LogP contribution in [-0.4, -0.2) is 66.1 Å². The number of anilines is 2. The van der Waals surface area contributed by atoms with Crippen LogP contribution in [0.3, 0.4) is 0 Å². The van der Waals surface area contributed by atoms with Crippen molar-refractivity contribution in [3.63, 3.8) is 0 Å². The number of piperazine rings is 1. The average Bonchev–Trinajstić information content (AvgIpc) is 3.01. The van der Waals surface area contributed by atoms with Crippen molar-refractivity contribution in [2.45, 2.75) is 32.8 Å². The maximum Gasteiger partial charge on any atom is 0.410 e. The molecule has 1 atom stereocenters. The SMILES string of the molecule is CC(C)(C)OC(=O)N1CCN(c2ccc(N3CC(CCl)CC3=O)nc2)CC1. The van der Waals surface area contributed by atoms with Gasteiger partial charge < -0.3 is 14.5 Å². The fourth-order valence-corrected chi connectivity index (χ4v) is 3.51. The minimum Gasteiger partial charge on any atom is -0.444 e. The Morgan fingerprint density at radius 3 is 2.48 bits per heavy atom. The summed E-state index contributed by atoms with van der Waals surface area (Å²) in [4.78, 5) is 34.4. The molecule has 7 nitrogen and oxygen atoms in total. The average molecular weight is 395 g/mol. The molecule has 3 rings (SSSR count). The first kappa shape index (κ1) is 19.7. The molecule has 2 aliphatic rings. The van der Waals surface area contributed by atoms with Crippen LogP contribution in [0.5, 0.6) is 0 Å². The molecule has 0 spiro atoms. The molecule has 0 radical (unpaired) electrons. The van der Waals surface area contributed by atoms with E-state index in [2.05, 4.69) is 9.88 Å². The van der Waals surface area contributed by atoms with Crippen molar-refractivity contribution >= 4 is 35.1 Å². The van der Waals surface area contributed by atoms with Gasteiger partial charge in [-0.05, 0) is 38.8 Å². The molecule has 1 aromatic heterocycles. The number of hydrogen-bond donors (Lipinski definition) is 0. The summed E-state index contributed by atoms with van der Waals surface area (Å²) in [5, 5.41) is 0. The third-order valence-electron chi connectivity index (χ3n) is 4.73. The van der Waals surface area contributed by atoms with Gasteiger partial charge in [-0.3, -0.25) is 9.69 Å². The highest BCUT2D eigenvalue weighted by Gasteiger charge is 2.31. The van der Waals surface area contributed by atoms with Crippen molar-refractivity contribution in [2.24, 2.45) is 5.92 Å². The lowest BCUT2D eigenvalue weighted by molar-refractivity contribution is -0.117. The molecular weight excluding hydrogens is 368 g/mol. The fourth-order valence-electron chi connectivity index (χ4n) is 3.31. The van der Waals surface area contributed by atoms with Gasteiger partial charge in [0.1, 0.15) is 11.4 Å². The maximum atomic E-state index is 12.2. The molecule has 0 aliphatic carbocycles. The molecule has 3 heterocycles. The van der Waals surface area contributed by atoms with Gasteiger partial charge in [0, 0.05) is 45.0 Å². The molecule has 2 fully saturated rings. The lowest BCUT2D eigenvalue weighted by Crippen LogP contribution is -2.50. The van der Waals surface area contributed by atoms with Crippen LogP contribution >= 0.6 is 11.6 Å². The van der Waals surface area contributed by atoms with Crippen molar-refractivity contribution in [1.82, 2.24) is 9.88 Å². The smallest absolute Gasteiger partial charge is 0.410 e. The zero-order valence-corrected chi connectivity index (χ0v) is 16.9. The topological polar surface area (TPSA) is 66.0 Å². The Morgan fingerprint density at radius 1 is 1.26 bits per heavy atom. The molecule has 0 saturated carbocycles. The minimum absolute atomic E-state index is 0.0758. The molecule has 2 saturated heterocycles. The number of ether oxygens (including phenoxy) is 1. The van der Waals surface area contributed by atoms with Gasteiger partial charge in [-0.15, -0.1) is 11.6 Å². The quantitative estimate of drug-likeness (QED) is 0.737. The van der Waals surface area contributed by atoms with Gasteiger partial charge >= 0.3 is 6.09 Å². The number of alkyl halides is 1. The third kappa shape index (κ3) is 4.83. The van der Waals surface area contributed by atoms with E-state index in [-0.39, 0.29) is 17.9 Å². The van der Waals surface area contributed by atoms with E-state index >= 15 is 0 Å². The zero-order chi connectivity index (χ0) is 19.6. The Bertz CT molecular complexity index is 681. The monoisotopic (exact) mass is 394 g/mol. The summed E-state index contributed by atoms with van der Waals surface area (Å²) in [6.07, 6.45) is 2.01. The number of nitrogens with zero attached hydrogens (tertiary/aromatic N) is 4. The van der Waals surface area contributed by atoms with Crippen LogP contribution in [0.1, 0.15) is 27.2 Å². The first-order chi connectivity index (χ1) is 12.8. The molecule has 1 unspecified atom stereocenters. The Kier molecular flexibility index (Phi) is 5.79. The van der Waals surface area contributed by atoms with E-state index in [1.54, 1.807) is 16.0 Å². The normalized spacial score (nSPS) is 21.0. The number of carbonyl (C=O) groups is 2. The standard InChI is InChI=1S/C19H27ClN4O3/c1-19(2,3)27-18(26)23-8-6-22(7-9-23)15-4-5-16(21-12-15)24-13-14(11-20)10-17(24)25/h4-5,12,14H,6-11,13H2,1-3H3. The molecule has 148 valence electrons. The van der Waals surface area contributed by atoms with Gasteiger partial charge in [0.25, 0.3) is 0 Å². The van der Waals surface area contributed by atoms with Gasteiger partial charge in [-0.25, -0.2) is 9.78 Å².